The lowest BCUT2D eigenvalue weighted by Gasteiger charge is -2.38. The summed E-state index contributed by atoms with van der Waals surface area (Å²) in [5.41, 5.74) is 0.484. The zero-order valence-electron chi connectivity index (χ0n) is 13.3. The molecule has 0 bridgehead atoms. The van der Waals surface area contributed by atoms with Crippen LogP contribution in [0, 0.1) is 5.41 Å². The standard InChI is InChI=1S/C15H23F2N5.HI/c1-2-18-14(21-8-6-15(11-21)4-3-5-15)20-10-12-19-7-9-22(12)13(16)17;/h7,9,13H,2-6,8,10-11H2,1H3,(H,18,20);1H. The molecule has 0 aromatic carbocycles. The molecule has 3 rings (SSSR count). The van der Waals surface area contributed by atoms with Gasteiger partial charge in [-0.3, -0.25) is 4.57 Å². The predicted molar refractivity (Wildman–Crippen MR) is 96.2 cm³/mol. The molecule has 23 heavy (non-hydrogen) atoms. The van der Waals surface area contributed by atoms with E-state index < -0.39 is 6.55 Å². The smallest absolute Gasteiger partial charge is 0.319 e. The molecule has 1 N–H and O–H groups in total. The molecular weight excluding hydrogens is 415 g/mol. The van der Waals surface area contributed by atoms with Gasteiger partial charge >= 0.3 is 6.55 Å². The molecule has 1 aromatic heterocycles. The van der Waals surface area contributed by atoms with Gasteiger partial charge in [0, 0.05) is 32.0 Å². The lowest BCUT2D eigenvalue weighted by atomic mass is 9.68. The predicted octanol–water partition coefficient (Wildman–Crippen LogP) is 3.24. The van der Waals surface area contributed by atoms with Crippen LogP contribution in [0.3, 0.4) is 0 Å². The average molecular weight is 439 g/mol. The first-order chi connectivity index (χ1) is 10.6. The number of hydrogen-bond acceptors (Lipinski definition) is 2. The van der Waals surface area contributed by atoms with E-state index in [-0.39, 0.29) is 30.5 Å². The molecule has 1 spiro atoms. The number of aliphatic imine (C=N–C) groups is 1. The van der Waals surface area contributed by atoms with E-state index in [1.165, 1.54) is 38.1 Å². The van der Waals surface area contributed by atoms with Crippen molar-refractivity contribution in [1.29, 1.82) is 0 Å². The molecule has 1 aromatic rings. The van der Waals surface area contributed by atoms with E-state index >= 15 is 0 Å². The lowest BCUT2D eigenvalue weighted by molar-refractivity contribution is 0.0671. The maximum atomic E-state index is 12.8. The summed E-state index contributed by atoms with van der Waals surface area (Å²) < 4.78 is 26.5. The first-order valence-corrected chi connectivity index (χ1v) is 7.97. The summed E-state index contributed by atoms with van der Waals surface area (Å²) in [4.78, 5) is 10.8. The SMILES string of the molecule is CCNC(=NCc1nccn1C(F)F)N1CCC2(CCC2)C1.I. The number of hydrogen-bond donors (Lipinski definition) is 1. The van der Waals surface area contributed by atoms with Gasteiger partial charge in [-0.2, -0.15) is 8.78 Å². The number of alkyl halides is 2. The number of halogens is 3. The number of rotatable bonds is 4. The Bertz CT molecular complexity index is 542. The van der Waals surface area contributed by atoms with Gasteiger partial charge in [-0.25, -0.2) is 9.98 Å². The summed E-state index contributed by atoms with van der Waals surface area (Å²) in [6.45, 7) is 2.41. The Morgan fingerprint density at radius 3 is 2.78 bits per heavy atom. The van der Waals surface area contributed by atoms with Gasteiger partial charge in [0.15, 0.2) is 5.96 Å². The lowest BCUT2D eigenvalue weighted by Crippen LogP contribution is -2.42. The minimum absolute atomic E-state index is 0. The van der Waals surface area contributed by atoms with Crippen molar-refractivity contribution in [2.75, 3.05) is 19.6 Å². The van der Waals surface area contributed by atoms with Crippen LogP contribution in [0.5, 0.6) is 0 Å². The van der Waals surface area contributed by atoms with Gasteiger partial charge in [-0.15, -0.1) is 24.0 Å². The van der Waals surface area contributed by atoms with E-state index in [2.05, 4.69) is 20.2 Å². The highest BCUT2D eigenvalue weighted by molar-refractivity contribution is 14.0. The minimum Gasteiger partial charge on any atom is -0.357 e. The van der Waals surface area contributed by atoms with Gasteiger partial charge in [0.2, 0.25) is 0 Å². The number of nitrogens with one attached hydrogen (secondary N) is 1. The zero-order valence-corrected chi connectivity index (χ0v) is 15.7. The van der Waals surface area contributed by atoms with Crippen molar-refractivity contribution < 1.29 is 8.78 Å². The van der Waals surface area contributed by atoms with Crippen LogP contribution < -0.4 is 5.32 Å². The highest BCUT2D eigenvalue weighted by Crippen LogP contribution is 2.47. The fourth-order valence-electron chi connectivity index (χ4n) is 3.42. The molecule has 1 aliphatic heterocycles. The Kier molecular flexibility index (Phi) is 6.21. The third-order valence-corrected chi connectivity index (χ3v) is 4.82. The normalized spacial score (nSPS) is 19.8. The Balaban J connectivity index is 0.00000192. The number of aromatic nitrogens is 2. The molecule has 0 radical (unpaired) electrons. The molecule has 130 valence electrons. The summed E-state index contributed by atoms with van der Waals surface area (Å²) in [6, 6.07) is 0. The van der Waals surface area contributed by atoms with Crippen LogP contribution in [-0.4, -0.2) is 40.0 Å². The molecular formula is C15H24F2IN5. The van der Waals surface area contributed by atoms with E-state index in [9.17, 15) is 8.78 Å². The van der Waals surface area contributed by atoms with E-state index in [0.717, 1.165) is 30.2 Å². The molecule has 0 unspecified atom stereocenters. The highest BCUT2D eigenvalue weighted by Gasteiger charge is 2.43. The minimum atomic E-state index is -2.57. The molecule has 0 amide bonds. The topological polar surface area (TPSA) is 45.5 Å². The number of likely N-dealkylation sites (tertiary alicyclic amines) is 1. The maximum absolute atomic E-state index is 12.8. The van der Waals surface area contributed by atoms with E-state index in [0.29, 0.717) is 11.2 Å². The Hall–Kier alpha value is -0.930. The molecule has 1 aliphatic carbocycles. The summed E-state index contributed by atoms with van der Waals surface area (Å²) in [6.07, 6.45) is 7.83. The first kappa shape index (κ1) is 18.4. The number of guanidine groups is 1. The summed E-state index contributed by atoms with van der Waals surface area (Å²) in [5, 5.41) is 3.27. The van der Waals surface area contributed by atoms with Crippen LogP contribution in [0.2, 0.25) is 0 Å². The molecule has 8 heteroatoms. The van der Waals surface area contributed by atoms with Crippen molar-refractivity contribution in [2.45, 2.75) is 45.7 Å². The molecule has 2 aliphatic rings. The molecule has 5 nitrogen and oxygen atoms in total. The monoisotopic (exact) mass is 439 g/mol. The van der Waals surface area contributed by atoms with Gasteiger partial charge in [0.1, 0.15) is 12.4 Å². The first-order valence-electron chi connectivity index (χ1n) is 7.97. The maximum Gasteiger partial charge on any atom is 0.319 e. The van der Waals surface area contributed by atoms with Crippen LogP contribution in [0.25, 0.3) is 0 Å². The summed E-state index contributed by atoms with van der Waals surface area (Å²) in [5.74, 6) is 1.11. The fourth-order valence-corrected chi connectivity index (χ4v) is 3.42. The molecule has 2 fully saturated rings. The number of nitrogens with zero attached hydrogens (tertiary/aromatic N) is 4. The van der Waals surface area contributed by atoms with Crippen LogP contribution in [0.4, 0.5) is 8.78 Å². The van der Waals surface area contributed by atoms with Crippen molar-refractivity contribution in [3.63, 3.8) is 0 Å². The second-order valence-corrected chi connectivity index (χ2v) is 6.22. The van der Waals surface area contributed by atoms with Gasteiger partial charge in [0.05, 0.1) is 0 Å². The molecule has 1 saturated carbocycles. The van der Waals surface area contributed by atoms with Gasteiger partial charge in [-0.1, -0.05) is 6.42 Å². The zero-order chi connectivity index (χ0) is 15.6. The van der Waals surface area contributed by atoms with Crippen molar-refractivity contribution in [2.24, 2.45) is 10.4 Å². The Morgan fingerprint density at radius 1 is 1.43 bits per heavy atom. The van der Waals surface area contributed by atoms with Crippen molar-refractivity contribution >= 4 is 29.9 Å². The summed E-state index contributed by atoms with van der Waals surface area (Å²) in [7, 11) is 0. The third-order valence-electron chi connectivity index (χ3n) is 4.82. The van der Waals surface area contributed by atoms with E-state index in [1.54, 1.807) is 0 Å². The van der Waals surface area contributed by atoms with Gasteiger partial charge < -0.3 is 10.2 Å². The van der Waals surface area contributed by atoms with Crippen LogP contribution in [0.1, 0.15) is 45.0 Å². The van der Waals surface area contributed by atoms with Crippen molar-refractivity contribution in [3.8, 4) is 0 Å². The fraction of sp³-hybridized carbons (Fsp3) is 0.733. The van der Waals surface area contributed by atoms with Gasteiger partial charge in [-0.05, 0) is 31.6 Å². The Labute approximate surface area is 152 Å². The van der Waals surface area contributed by atoms with Crippen LogP contribution >= 0.6 is 24.0 Å². The average Bonchev–Trinajstić information content (AvgIpc) is 3.09. The highest BCUT2D eigenvalue weighted by atomic mass is 127. The second kappa shape index (κ2) is 7.76. The van der Waals surface area contributed by atoms with Crippen LogP contribution in [0.15, 0.2) is 17.4 Å². The van der Waals surface area contributed by atoms with Crippen LogP contribution in [-0.2, 0) is 6.54 Å². The molecule has 2 heterocycles. The van der Waals surface area contributed by atoms with E-state index in [1.807, 2.05) is 6.92 Å². The quantitative estimate of drug-likeness (QED) is 0.445. The Morgan fingerprint density at radius 2 is 2.22 bits per heavy atom. The molecule has 1 saturated heterocycles. The van der Waals surface area contributed by atoms with Crippen molar-refractivity contribution in [1.82, 2.24) is 19.8 Å². The second-order valence-electron chi connectivity index (χ2n) is 6.22. The largest absolute Gasteiger partial charge is 0.357 e. The summed E-state index contributed by atoms with van der Waals surface area (Å²) >= 11 is 0. The van der Waals surface area contributed by atoms with E-state index in [4.69, 9.17) is 0 Å². The van der Waals surface area contributed by atoms with Gasteiger partial charge in [0.25, 0.3) is 0 Å². The third kappa shape index (κ3) is 3.95. The van der Waals surface area contributed by atoms with Crippen molar-refractivity contribution in [3.05, 3.63) is 18.2 Å². The number of imidazole rings is 1. The molecule has 0 atom stereocenters.